The van der Waals surface area contributed by atoms with Gasteiger partial charge in [-0.15, -0.1) is 0 Å². The number of hydrogen-bond acceptors (Lipinski definition) is 3. The van der Waals surface area contributed by atoms with Crippen LogP contribution in [-0.2, 0) is 9.05 Å². The van der Waals surface area contributed by atoms with E-state index >= 15 is 0 Å². The van der Waals surface area contributed by atoms with Crippen LogP contribution in [0.5, 0.6) is 5.75 Å². The summed E-state index contributed by atoms with van der Waals surface area (Å²) in [5.74, 6) is 0.722. The number of ether oxygens (including phenoxy) is 1. The van der Waals surface area contributed by atoms with Crippen LogP contribution in [0.2, 0.25) is 0 Å². The molecule has 0 radical (unpaired) electrons. The number of aryl methyl sites for hydroxylation is 1. The van der Waals surface area contributed by atoms with Gasteiger partial charge in [0.1, 0.15) is 10.6 Å². The van der Waals surface area contributed by atoms with E-state index in [0.29, 0.717) is 22.7 Å². The molecule has 1 unspecified atom stereocenters. The Bertz CT molecular complexity index is 543. The van der Waals surface area contributed by atoms with Crippen LogP contribution >= 0.6 is 26.6 Å². The predicted molar refractivity (Wildman–Crippen MR) is 81.5 cm³/mol. The Labute approximate surface area is 127 Å². The van der Waals surface area contributed by atoms with Crippen molar-refractivity contribution >= 4 is 35.7 Å². The number of halogens is 2. The second kappa shape index (κ2) is 6.95. The molecule has 0 saturated heterocycles. The van der Waals surface area contributed by atoms with Crippen LogP contribution in [0.15, 0.2) is 21.5 Å². The zero-order chi connectivity index (χ0) is 14.6. The van der Waals surface area contributed by atoms with Crippen molar-refractivity contribution in [3.05, 3.63) is 22.2 Å². The monoisotopic (exact) mass is 368 g/mol. The van der Waals surface area contributed by atoms with Crippen LogP contribution in [0.1, 0.15) is 32.3 Å². The van der Waals surface area contributed by atoms with E-state index in [0.717, 1.165) is 18.4 Å². The van der Waals surface area contributed by atoms with Crippen molar-refractivity contribution in [2.24, 2.45) is 5.92 Å². The molecule has 0 heterocycles. The van der Waals surface area contributed by atoms with Crippen LogP contribution < -0.4 is 4.74 Å². The maximum atomic E-state index is 11.6. The fourth-order valence-corrected chi connectivity index (χ4v) is 3.64. The molecule has 0 aromatic heterocycles. The van der Waals surface area contributed by atoms with Crippen LogP contribution in [0.3, 0.4) is 0 Å². The molecule has 0 fully saturated rings. The van der Waals surface area contributed by atoms with Gasteiger partial charge < -0.3 is 4.74 Å². The minimum Gasteiger partial charge on any atom is -0.492 e. The quantitative estimate of drug-likeness (QED) is 0.693. The fraction of sp³-hybridized carbons (Fsp3) is 0.538. The van der Waals surface area contributed by atoms with E-state index in [9.17, 15) is 8.42 Å². The fourth-order valence-electron chi connectivity index (χ4n) is 1.87. The predicted octanol–water partition coefficient (Wildman–Crippen LogP) is 4.50. The van der Waals surface area contributed by atoms with E-state index in [1.165, 1.54) is 6.07 Å². The van der Waals surface area contributed by atoms with Gasteiger partial charge in [0.25, 0.3) is 9.05 Å². The number of benzene rings is 1. The van der Waals surface area contributed by atoms with Gasteiger partial charge in [-0.3, -0.25) is 0 Å². The highest BCUT2D eigenvalue weighted by molar-refractivity contribution is 9.10. The van der Waals surface area contributed by atoms with Crippen molar-refractivity contribution < 1.29 is 13.2 Å². The smallest absolute Gasteiger partial charge is 0.265 e. The van der Waals surface area contributed by atoms with Gasteiger partial charge in [0, 0.05) is 15.2 Å². The van der Waals surface area contributed by atoms with E-state index < -0.39 is 9.05 Å². The second-order valence-electron chi connectivity index (χ2n) is 4.69. The topological polar surface area (TPSA) is 43.4 Å². The molecular formula is C13H18BrClO3S. The van der Waals surface area contributed by atoms with Crippen molar-refractivity contribution in [1.82, 2.24) is 0 Å². The Morgan fingerprint density at radius 3 is 2.58 bits per heavy atom. The second-order valence-corrected chi connectivity index (χ2v) is 8.14. The molecule has 1 rings (SSSR count). The van der Waals surface area contributed by atoms with E-state index in [-0.39, 0.29) is 4.90 Å². The molecule has 19 heavy (non-hydrogen) atoms. The molecule has 0 saturated carbocycles. The zero-order valence-corrected chi connectivity index (χ0v) is 14.4. The highest BCUT2D eigenvalue weighted by atomic mass is 79.9. The summed E-state index contributed by atoms with van der Waals surface area (Å²) >= 11 is 3.27. The Balaban J connectivity index is 3.06. The maximum Gasteiger partial charge on any atom is 0.265 e. The normalized spacial score (nSPS) is 13.3. The average molecular weight is 370 g/mol. The molecule has 0 amide bonds. The lowest BCUT2D eigenvalue weighted by Crippen LogP contribution is -2.11. The third kappa shape index (κ3) is 4.97. The van der Waals surface area contributed by atoms with Crippen molar-refractivity contribution in [3.8, 4) is 5.75 Å². The van der Waals surface area contributed by atoms with Crippen molar-refractivity contribution in [2.75, 3.05) is 6.61 Å². The first-order valence-corrected chi connectivity index (χ1v) is 9.23. The lowest BCUT2D eigenvalue weighted by molar-refractivity contribution is 0.244. The van der Waals surface area contributed by atoms with Gasteiger partial charge in [-0.05, 0) is 37.0 Å². The largest absolute Gasteiger partial charge is 0.492 e. The molecule has 1 aromatic rings. The van der Waals surface area contributed by atoms with Gasteiger partial charge in [0.2, 0.25) is 0 Å². The average Bonchev–Trinajstić information content (AvgIpc) is 2.26. The van der Waals surface area contributed by atoms with Crippen molar-refractivity contribution in [1.29, 1.82) is 0 Å². The standard InChI is InChI=1S/C13H18BrClO3S/c1-4-5-9(2)8-18-13-10(3)6-11(14)7-12(13)19(15,16)17/h6-7,9H,4-5,8H2,1-3H3. The highest BCUT2D eigenvalue weighted by Gasteiger charge is 2.20. The summed E-state index contributed by atoms with van der Waals surface area (Å²) in [7, 11) is 1.63. The molecule has 0 aliphatic heterocycles. The highest BCUT2D eigenvalue weighted by Crippen LogP contribution is 2.34. The molecule has 1 atom stereocenters. The summed E-state index contributed by atoms with van der Waals surface area (Å²) in [5, 5.41) is 0. The van der Waals surface area contributed by atoms with Crippen LogP contribution in [0, 0.1) is 12.8 Å². The van der Waals surface area contributed by atoms with Gasteiger partial charge >= 0.3 is 0 Å². The first-order chi connectivity index (χ1) is 8.75. The maximum absolute atomic E-state index is 11.6. The molecule has 0 aliphatic rings. The Morgan fingerprint density at radius 1 is 1.42 bits per heavy atom. The van der Waals surface area contributed by atoms with Gasteiger partial charge in [-0.1, -0.05) is 36.2 Å². The Kier molecular flexibility index (Phi) is 6.15. The first kappa shape index (κ1) is 16.8. The summed E-state index contributed by atoms with van der Waals surface area (Å²) in [4.78, 5) is 0.0183. The third-order valence-electron chi connectivity index (χ3n) is 2.76. The van der Waals surface area contributed by atoms with Crippen LogP contribution in [-0.4, -0.2) is 15.0 Å². The molecule has 0 aliphatic carbocycles. The van der Waals surface area contributed by atoms with E-state index in [1.54, 1.807) is 6.92 Å². The summed E-state index contributed by atoms with van der Waals surface area (Å²) in [5.41, 5.74) is 0.747. The number of rotatable bonds is 6. The lowest BCUT2D eigenvalue weighted by Gasteiger charge is -2.16. The molecule has 3 nitrogen and oxygen atoms in total. The summed E-state index contributed by atoms with van der Waals surface area (Å²) in [6, 6.07) is 3.28. The molecule has 0 bridgehead atoms. The van der Waals surface area contributed by atoms with Gasteiger partial charge in [0.15, 0.2) is 0 Å². The van der Waals surface area contributed by atoms with Gasteiger partial charge in [-0.25, -0.2) is 8.42 Å². The minimum absolute atomic E-state index is 0.0183. The molecule has 1 aromatic carbocycles. The van der Waals surface area contributed by atoms with E-state index in [2.05, 4.69) is 29.8 Å². The zero-order valence-electron chi connectivity index (χ0n) is 11.2. The van der Waals surface area contributed by atoms with E-state index in [1.807, 2.05) is 6.07 Å². The molecule has 6 heteroatoms. The lowest BCUT2D eigenvalue weighted by atomic mass is 10.1. The Morgan fingerprint density at radius 2 is 2.05 bits per heavy atom. The SMILES string of the molecule is CCCC(C)COc1c(C)cc(Br)cc1S(=O)(=O)Cl. The van der Waals surface area contributed by atoms with Crippen LogP contribution in [0.25, 0.3) is 0 Å². The molecule has 108 valence electrons. The Hall–Kier alpha value is -0.260. The molecule has 0 N–H and O–H groups in total. The summed E-state index contributed by atoms with van der Waals surface area (Å²) in [6.45, 7) is 6.47. The van der Waals surface area contributed by atoms with Crippen molar-refractivity contribution in [3.63, 3.8) is 0 Å². The van der Waals surface area contributed by atoms with Gasteiger partial charge in [-0.2, -0.15) is 0 Å². The van der Waals surface area contributed by atoms with Gasteiger partial charge in [0.05, 0.1) is 6.61 Å². The summed E-state index contributed by atoms with van der Waals surface area (Å²) < 4.78 is 29.5. The van der Waals surface area contributed by atoms with E-state index in [4.69, 9.17) is 15.4 Å². The molecule has 0 spiro atoms. The third-order valence-corrected chi connectivity index (χ3v) is 4.55. The minimum atomic E-state index is -3.82. The first-order valence-electron chi connectivity index (χ1n) is 6.13. The van der Waals surface area contributed by atoms with Crippen LogP contribution in [0.4, 0.5) is 0 Å². The summed E-state index contributed by atoms with van der Waals surface area (Å²) in [6.07, 6.45) is 2.11. The molecular weight excluding hydrogens is 352 g/mol. The number of hydrogen-bond donors (Lipinski definition) is 0. The van der Waals surface area contributed by atoms with Crippen molar-refractivity contribution in [2.45, 2.75) is 38.5 Å².